The fourth-order valence-corrected chi connectivity index (χ4v) is 13.6. The van der Waals surface area contributed by atoms with Gasteiger partial charge in [0, 0.05) is 40.0 Å². The summed E-state index contributed by atoms with van der Waals surface area (Å²) in [6, 6.07) is -8.19. The number of carboxylic acid groups (broad SMARTS) is 3. The molecule has 38 atom stereocenters. The molecular formula is C59H96N4O46. The summed E-state index contributed by atoms with van der Waals surface area (Å²) in [6.07, 6.45) is -79.5. The van der Waals surface area contributed by atoms with Crippen LogP contribution >= 0.6 is 0 Å². The van der Waals surface area contributed by atoms with E-state index in [1.807, 2.05) is 5.32 Å². The highest BCUT2D eigenvalue weighted by Crippen LogP contribution is 2.44. The van der Waals surface area contributed by atoms with Crippen molar-refractivity contribution in [2.45, 2.75) is 272 Å². The van der Waals surface area contributed by atoms with Crippen LogP contribution in [0.2, 0.25) is 0 Å². The average Bonchev–Trinajstić information content (AvgIpc) is 0.753. The quantitative estimate of drug-likeness (QED) is 0.0290. The van der Waals surface area contributed by atoms with Crippen LogP contribution in [0.5, 0.6) is 0 Å². The number of carbonyl (C=O) groups is 7. The standard InChI is InChI=1S/C59H96N4O46/c1-15(71)60-29-18(74)4-57(54(91)92,105-45(29)33(81)21(77)7-64)97-14-27-37(85)44(104-52-40(88)48(36(84)24(10-67)99-52)108-58(55(93)94)6-20(76)31(63-28(80)13-70)47(107-58)35(83)23(79)9-66)32(62-17(3)73)51(101-27)103-43-26(12-69)100-53(102-42-25(11-68)98-50(90)39(87)38(42)86)41(89)49(43)109-59(56(95)96)5-19(75)30(61-16(2)72)46(106-59)34(82)22(78)8-65/h18-27,29-53,64-70,74-79,81-90H,4-14H2,1-3H3,(H,60,71)(H,61,72)(H,62,73)(H,63,80)(H,91,92)(H,93,94)(H,95,96)/t18-,19-,20-,21+,22+,23+,24+,25+,26+,27+,29+,30+,31+,32+,33+,34+,35+,36-,37-,38+,39+,40+,41+,42+,43-,44+,45+,46+,47+,48-,49+,50+,51-,52-,53-,57+,58-,59-/m0/s1. The predicted octanol–water partition coefficient (Wildman–Crippen LogP) is -19.1. The first-order valence-electron chi connectivity index (χ1n) is 33.7. The van der Waals surface area contributed by atoms with Crippen LogP contribution in [0.3, 0.4) is 0 Å². The molecule has 0 aromatic carbocycles. The second-order valence-corrected chi connectivity index (χ2v) is 26.9. The largest absolute Gasteiger partial charge is 0.477 e. The van der Waals surface area contributed by atoms with Gasteiger partial charge in [0.05, 0.1) is 82.7 Å². The summed E-state index contributed by atoms with van der Waals surface area (Å²) < 4.78 is 76.3. The van der Waals surface area contributed by atoms with Crippen molar-refractivity contribution >= 4 is 41.5 Å². The molecular weight excluding hydrogens is 1500 g/mol. The van der Waals surface area contributed by atoms with Gasteiger partial charge in [0.1, 0.15) is 159 Å². The molecule has 7 aliphatic heterocycles. The molecule has 109 heavy (non-hydrogen) atoms. The summed E-state index contributed by atoms with van der Waals surface area (Å²) in [6.45, 7) is -8.31. The Kier molecular flexibility index (Phi) is 32.0. The first-order chi connectivity index (χ1) is 51.1. The van der Waals surface area contributed by atoms with E-state index in [4.69, 9.17) is 61.6 Å². The van der Waals surface area contributed by atoms with Crippen LogP contribution in [0.1, 0.15) is 40.0 Å². The molecule has 0 radical (unpaired) electrons. The van der Waals surface area contributed by atoms with E-state index in [2.05, 4.69) is 16.0 Å². The molecule has 628 valence electrons. The number of carbonyl (C=O) groups excluding carboxylic acids is 4. The molecule has 7 heterocycles. The van der Waals surface area contributed by atoms with Crippen molar-refractivity contribution in [3.05, 3.63) is 0 Å². The maximum absolute atomic E-state index is 13.9. The zero-order valence-corrected chi connectivity index (χ0v) is 57.8. The van der Waals surface area contributed by atoms with Crippen LogP contribution < -0.4 is 21.3 Å². The Hall–Kier alpha value is -5.15. The van der Waals surface area contributed by atoms with Crippen molar-refractivity contribution in [2.75, 3.05) is 52.9 Å². The van der Waals surface area contributed by atoms with E-state index in [0.717, 1.165) is 20.8 Å². The van der Waals surface area contributed by atoms with Crippen LogP contribution in [0.25, 0.3) is 0 Å². The zero-order valence-electron chi connectivity index (χ0n) is 57.8. The number of hydrogen-bond acceptors (Lipinski definition) is 43. The number of amides is 4. The van der Waals surface area contributed by atoms with E-state index in [-0.39, 0.29) is 0 Å². The van der Waals surface area contributed by atoms with Gasteiger partial charge < -0.3 is 216 Å². The van der Waals surface area contributed by atoms with Gasteiger partial charge in [-0.25, -0.2) is 14.4 Å². The molecule has 0 bridgehead atoms. The van der Waals surface area contributed by atoms with Gasteiger partial charge in [0.15, 0.2) is 25.2 Å². The summed E-state index contributed by atoms with van der Waals surface area (Å²) in [5.41, 5.74) is 0. The fraction of sp³-hybridized carbons (Fsp3) is 0.881. The zero-order chi connectivity index (χ0) is 81.5. The Bertz CT molecular complexity index is 3030. The van der Waals surface area contributed by atoms with Gasteiger partial charge in [0.25, 0.3) is 17.4 Å². The molecule has 7 fully saturated rings. The summed E-state index contributed by atoms with van der Waals surface area (Å²) in [5.74, 6) is -21.9. The first-order valence-corrected chi connectivity index (χ1v) is 33.7. The molecule has 7 rings (SSSR count). The average molecular weight is 1600 g/mol. The fourth-order valence-electron chi connectivity index (χ4n) is 13.6. The highest BCUT2D eigenvalue weighted by molar-refractivity contribution is 5.79. The van der Waals surface area contributed by atoms with E-state index in [1.54, 1.807) is 0 Å². The number of nitrogens with one attached hydrogen (secondary N) is 4. The SMILES string of the molecule is CC(=O)N[C@H]1[C@H](O[C@@H]2[C@H](O[C@]3(C(=O)O)C[C@H](O)[C@@H](NC(C)=O)[C@H]([C@H](O)[C@H](O)CO)O3)[C@@H](O)[C@H](O[C@H]3[C@H](O)[C@@H](O)[C@H](O)O[C@@H]3CO)O[C@@H]2CO)O[C@H](CO[C@]2(C(=O)O)C[C@H](O)[C@@H](NC(C)=O)[C@H]([C@H](O)[C@H](O)CO)O2)[C@H](O)[C@@H]1O[C@@H]1O[C@H](CO)[C@H](O)[C@H](O[C@]2(C(=O)O)C[C@H](O)[C@@H](NC(=O)CO)[C@H]([C@H](O)[C@H](O)CO)O2)[C@H]1O. The minimum atomic E-state index is -3.62. The van der Waals surface area contributed by atoms with Crippen LogP contribution in [0.15, 0.2) is 0 Å². The van der Waals surface area contributed by atoms with Crippen molar-refractivity contribution in [1.29, 1.82) is 0 Å². The monoisotopic (exact) mass is 1600 g/mol. The topological polar surface area (TPSA) is 814 Å². The third kappa shape index (κ3) is 20.0. The molecule has 0 spiro atoms. The number of aliphatic carboxylic acids is 3. The summed E-state index contributed by atoms with van der Waals surface area (Å²) >= 11 is 0. The Morgan fingerprint density at radius 2 is 0.752 bits per heavy atom. The van der Waals surface area contributed by atoms with Crippen LogP contribution in [0, 0.1) is 0 Å². The normalized spacial score (nSPS) is 43.1. The third-order valence-corrected chi connectivity index (χ3v) is 19.2. The lowest BCUT2D eigenvalue weighted by atomic mass is 9.88. The second-order valence-electron chi connectivity index (χ2n) is 26.9. The van der Waals surface area contributed by atoms with Gasteiger partial charge in [-0.2, -0.15) is 0 Å². The Morgan fingerprint density at radius 3 is 1.17 bits per heavy atom. The molecule has 50 nitrogen and oxygen atoms in total. The molecule has 0 aliphatic carbocycles. The lowest BCUT2D eigenvalue weighted by Crippen LogP contribution is -2.73. The van der Waals surface area contributed by atoms with Crippen LogP contribution in [-0.4, -0.2) is 459 Å². The smallest absolute Gasteiger partial charge is 0.364 e. The van der Waals surface area contributed by atoms with E-state index >= 15 is 0 Å². The van der Waals surface area contributed by atoms with Crippen LogP contribution in [0.4, 0.5) is 0 Å². The van der Waals surface area contributed by atoms with Gasteiger partial charge in [-0.05, 0) is 0 Å². The van der Waals surface area contributed by atoms with Gasteiger partial charge >= 0.3 is 17.9 Å². The predicted molar refractivity (Wildman–Crippen MR) is 331 cm³/mol. The molecule has 0 unspecified atom stereocenters. The Morgan fingerprint density at radius 1 is 0.394 bits per heavy atom. The van der Waals surface area contributed by atoms with Gasteiger partial charge in [-0.15, -0.1) is 0 Å². The van der Waals surface area contributed by atoms with Crippen molar-refractivity contribution in [3.8, 4) is 0 Å². The minimum absolute atomic E-state index is 0.748. The number of rotatable bonds is 33. The summed E-state index contributed by atoms with van der Waals surface area (Å²) in [5, 5.41) is 295. The summed E-state index contributed by atoms with van der Waals surface area (Å²) in [4.78, 5) is 92.0. The summed E-state index contributed by atoms with van der Waals surface area (Å²) in [7, 11) is 0. The molecule has 7 saturated heterocycles. The van der Waals surface area contributed by atoms with Crippen molar-refractivity contribution < 1.29 is 228 Å². The molecule has 4 amide bonds. The first kappa shape index (κ1) is 91.0. The highest BCUT2D eigenvalue weighted by Gasteiger charge is 2.65. The Labute approximate surface area is 613 Å². The molecule has 0 aromatic heterocycles. The number of ether oxygens (including phenoxy) is 13. The van der Waals surface area contributed by atoms with E-state index in [0.29, 0.717) is 0 Å². The van der Waals surface area contributed by atoms with Gasteiger partial charge in [-0.1, -0.05) is 0 Å². The van der Waals surface area contributed by atoms with Crippen molar-refractivity contribution in [3.63, 3.8) is 0 Å². The number of aliphatic hydroxyl groups excluding tert-OH is 23. The Balaban J connectivity index is 1.40. The number of hydrogen-bond donors (Lipinski definition) is 30. The maximum atomic E-state index is 13.9. The second kappa shape index (κ2) is 38.3. The molecule has 0 saturated carbocycles. The lowest BCUT2D eigenvalue weighted by molar-refractivity contribution is -0.405. The highest BCUT2D eigenvalue weighted by atomic mass is 16.8. The number of aliphatic hydroxyl groups is 23. The lowest BCUT2D eigenvalue weighted by Gasteiger charge is -2.53. The minimum Gasteiger partial charge on any atom is -0.477 e. The molecule has 30 N–H and O–H groups in total. The van der Waals surface area contributed by atoms with E-state index in [1.165, 1.54) is 0 Å². The molecule has 7 aliphatic rings. The van der Waals surface area contributed by atoms with Gasteiger partial charge in [-0.3, -0.25) is 19.2 Å². The van der Waals surface area contributed by atoms with Crippen molar-refractivity contribution in [2.24, 2.45) is 0 Å². The third-order valence-electron chi connectivity index (χ3n) is 19.2. The molecule has 0 aromatic rings. The van der Waals surface area contributed by atoms with Crippen molar-refractivity contribution in [1.82, 2.24) is 21.3 Å². The van der Waals surface area contributed by atoms with E-state index in [9.17, 15) is 166 Å². The van der Waals surface area contributed by atoms with E-state index < -0.39 is 345 Å². The number of carboxylic acids is 3. The molecule has 50 heteroatoms. The van der Waals surface area contributed by atoms with Crippen LogP contribution in [-0.2, 0) is 95.1 Å². The van der Waals surface area contributed by atoms with Gasteiger partial charge in [0.2, 0.25) is 23.6 Å². The maximum Gasteiger partial charge on any atom is 0.364 e.